The molecule has 1 atom stereocenters. The molecule has 1 N–H and O–H groups in total. The number of hydrogen-bond acceptors (Lipinski definition) is 5. The number of ether oxygens (including phenoxy) is 1. The van der Waals surface area contributed by atoms with Crippen molar-refractivity contribution in [3.8, 4) is 11.1 Å². The van der Waals surface area contributed by atoms with Gasteiger partial charge in [-0.05, 0) is 24.6 Å². The van der Waals surface area contributed by atoms with E-state index in [9.17, 15) is 10.1 Å². The molecule has 1 unspecified atom stereocenters. The molecular weight excluding hydrogens is 353 g/mol. The quantitative estimate of drug-likeness (QED) is 0.560. The van der Waals surface area contributed by atoms with Crippen molar-refractivity contribution in [2.75, 3.05) is 19.0 Å². The van der Waals surface area contributed by atoms with Crippen molar-refractivity contribution in [3.63, 3.8) is 0 Å². The van der Waals surface area contributed by atoms with Crippen LogP contribution in [0.2, 0.25) is 10.0 Å². The Labute approximate surface area is 149 Å². The van der Waals surface area contributed by atoms with Crippen molar-refractivity contribution >= 4 is 34.7 Å². The Morgan fingerprint density at radius 1 is 1.33 bits per heavy atom. The molecule has 128 valence electrons. The van der Waals surface area contributed by atoms with Crippen LogP contribution < -0.4 is 5.32 Å². The minimum atomic E-state index is -0.463. The summed E-state index contributed by atoms with van der Waals surface area (Å²) in [7, 11) is 1.58. The van der Waals surface area contributed by atoms with Gasteiger partial charge in [-0.1, -0.05) is 36.2 Å². The van der Waals surface area contributed by atoms with Crippen LogP contribution in [0.25, 0.3) is 11.1 Å². The third-order valence-corrected chi connectivity index (χ3v) is 4.08. The molecule has 24 heavy (non-hydrogen) atoms. The Balaban J connectivity index is 2.53. The summed E-state index contributed by atoms with van der Waals surface area (Å²) in [5, 5.41) is 15.5. The van der Waals surface area contributed by atoms with E-state index < -0.39 is 4.92 Å². The van der Waals surface area contributed by atoms with Crippen LogP contribution in [0.15, 0.2) is 30.5 Å². The van der Waals surface area contributed by atoms with Crippen LogP contribution in [0.5, 0.6) is 0 Å². The molecule has 0 saturated heterocycles. The van der Waals surface area contributed by atoms with Gasteiger partial charge in [-0.2, -0.15) is 0 Å². The van der Waals surface area contributed by atoms with E-state index in [1.807, 2.05) is 6.92 Å². The average Bonchev–Trinajstić information content (AvgIpc) is 2.54. The molecule has 0 bridgehead atoms. The van der Waals surface area contributed by atoms with Crippen molar-refractivity contribution in [1.82, 2.24) is 4.98 Å². The van der Waals surface area contributed by atoms with Gasteiger partial charge in [0.25, 0.3) is 0 Å². The average molecular weight is 370 g/mol. The number of benzene rings is 1. The largest absolute Gasteiger partial charge is 0.383 e. The minimum Gasteiger partial charge on any atom is -0.383 e. The lowest BCUT2D eigenvalue weighted by Gasteiger charge is -2.17. The number of anilines is 1. The van der Waals surface area contributed by atoms with Crippen molar-refractivity contribution in [3.05, 3.63) is 50.6 Å². The van der Waals surface area contributed by atoms with Gasteiger partial charge in [-0.15, -0.1) is 0 Å². The highest BCUT2D eigenvalue weighted by Gasteiger charge is 2.25. The zero-order valence-corrected chi connectivity index (χ0v) is 14.8. The maximum Gasteiger partial charge on any atom is 0.319 e. The number of hydrogen-bond donors (Lipinski definition) is 1. The minimum absolute atomic E-state index is 0.0860. The first-order chi connectivity index (χ1) is 11.5. The fraction of sp³-hybridized carbons (Fsp3) is 0.312. The van der Waals surface area contributed by atoms with E-state index in [-0.39, 0.29) is 17.5 Å². The van der Waals surface area contributed by atoms with E-state index in [0.717, 1.165) is 6.42 Å². The van der Waals surface area contributed by atoms with Gasteiger partial charge in [0.15, 0.2) is 0 Å². The molecule has 0 spiro atoms. The monoisotopic (exact) mass is 369 g/mol. The lowest BCUT2D eigenvalue weighted by molar-refractivity contribution is -0.383. The zero-order chi connectivity index (χ0) is 17.7. The summed E-state index contributed by atoms with van der Waals surface area (Å²) >= 11 is 12.1. The highest BCUT2D eigenvalue weighted by Crippen LogP contribution is 2.39. The van der Waals surface area contributed by atoms with E-state index in [2.05, 4.69) is 10.3 Å². The molecule has 6 nitrogen and oxygen atoms in total. The van der Waals surface area contributed by atoms with E-state index in [1.54, 1.807) is 31.4 Å². The summed E-state index contributed by atoms with van der Waals surface area (Å²) in [6.45, 7) is 2.38. The lowest BCUT2D eigenvalue weighted by Crippen LogP contribution is -2.25. The van der Waals surface area contributed by atoms with E-state index in [1.165, 1.54) is 6.20 Å². The Morgan fingerprint density at radius 3 is 2.67 bits per heavy atom. The predicted molar refractivity (Wildman–Crippen MR) is 95.9 cm³/mol. The Kier molecular flexibility index (Phi) is 6.36. The number of aromatic nitrogens is 1. The van der Waals surface area contributed by atoms with Crippen LogP contribution in [-0.2, 0) is 4.74 Å². The first-order valence-electron chi connectivity index (χ1n) is 7.32. The van der Waals surface area contributed by atoms with E-state index in [4.69, 9.17) is 27.9 Å². The number of nitrogens with zero attached hydrogens (tertiary/aromatic N) is 2. The maximum atomic E-state index is 11.6. The summed E-state index contributed by atoms with van der Waals surface area (Å²) in [5.41, 5.74) is 0.778. The molecule has 0 aliphatic rings. The molecule has 1 heterocycles. The van der Waals surface area contributed by atoms with Crippen LogP contribution in [-0.4, -0.2) is 29.7 Å². The zero-order valence-electron chi connectivity index (χ0n) is 13.3. The highest BCUT2D eigenvalue weighted by molar-refractivity contribution is 6.36. The summed E-state index contributed by atoms with van der Waals surface area (Å²) in [6.07, 6.45) is 2.24. The second kappa shape index (κ2) is 8.28. The third-order valence-electron chi connectivity index (χ3n) is 3.53. The number of nitro groups is 1. The van der Waals surface area contributed by atoms with Crippen LogP contribution in [0.1, 0.15) is 13.3 Å². The molecular formula is C16H17Cl2N3O3. The molecule has 2 aromatic rings. The normalized spacial score (nSPS) is 12.0. The molecule has 8 heteroatoms. The Morgan fingerprint density at radius 2 is 2.08 bits per heavy atom. The fourth-order valence-electron chi connectivity index (χ4n) is 2.33. The maximum absolute atomic E-state index is 11.6. The van der Waals surface area contributed by atoms with Crippen molar-refractivity contribution in [2.24, 2.45) is 0 Å². The van der Waals surface area contributed by atoms with E-state index in [0.29, 0.717) is 27.8 Å². The third kappa shape index (κ3) is 4.14. The van der Waals surface area contributed by atoms with Crippen molar-refractivity contribution < 1.29 is 9.66 Å². The molecule has 1 aromatic carbocycles. The molecule has 2 rings (SSSR count). The van der Waals surface area contributed by atoms with Gasteiger partial charge in [0.2, 0.25) is 5.82 Å². The Hall–Kier alpha value is -1.89. The van der Waals surface area contributed by atoms with Gasteiger partial charge in [-0.25, -0.2) is 4.98 Å². The number of rotatable bonds is 7. The number of halogens is 2. The second-order valence-corrected chi connectivity index (χ2v) is 5.99. The van der Waals surface area contributed by atoms with Gasteiger partial charge in [0, 0.05) is 23.9 Å². The summed E-state index contributed by atoms with van der Waals surface area (Å²) in [5.74, 6) is 0.187. The molecule has 0 fully saturated rings. The fourth-order valence-corrected chi connectivity index (χ4v) is 2.84. The van der Waals surface area contributed by atoms with Gasteiger partial charge in [-0.3, -0.25) is 10.1 Å². The van der Waals surface area contributed by atoms with Crippen LogP contribution in [0.3, 0.4) is 0 Å². The van der Waals surface area contributed by atoms with Crippen LogP contribution >= 0.6 is 23.2 Å². The molecule has 0 aliphatic heterocycles. The van der Waals surface area contributed by atoms with Crippen LogP contribution in [0.4, 0.5) is 11.5 Å². The van der Waals surface area contributed by atoms with Crippen molar-refractivity contribution in [2.45, 2.75) is 19.4 Å². The first-order valence-corrected chi connectivity index (χ1v) is 8.07. The number of methoxy groups -OCH3 is 1. The molecule has 0 amide bonds. The Bertz CT molecular complexity index is 741. The molecule has 1 aromatic heterocycles. The van der Waals surface area contributed by atoms with Gasteiger partial charge >= 0.3 is 5.69 Å². The lowest BCUT2D eigenvalue weighted by atomic mass is 10.0. The first kappa shape index (κ1) is 18.4. The standard InChI is InChI=1S/C16H17Cl2N3O3/c1-3-11(9-24-2)20-16-15(21(22)23)13(6-7-19-16)12-5-4-10(17)8-14(12)18/h4-8,11H,3,9H2,1-2H3,(H,19,20). The highest BCUT2D eigenvalue weighted by atomic mass is 35.5. The van der Waals surface area contributed by atoms with Gasteiger partial charge < -0.3 is 10.1 Å². The van der Waals surface area contributed by atoms with Gasteiger partial charge in [0.05, 0.1) is 28.2 Å². The molecule has 0 saturated carbocycles. The van der Waals surface area contributed by atoms with Crippen LogP contribution in [0, 0.1) is 10.1 Å². The number of nitrogens with one attached hydrogen (secondary N) is 1. The predicted octanol–water partition coefficient (Wildman–Crippen LogP) is 4.80. The smallest absolute Gasteiger partial charge is 0.319 e. The SMILES string of the molecule is CCC(COC)Nc1nccc(-c2ccc(Cl)cc2Cl)c1[N+](=O)[O-]. The summed E-state index contributed by atoms with van der Waals surface area (Å²) < 4.78 is 5.12. The topological polar surface area (TPSA) is 77.3 Å². The summed E-state index contributed by atoms with van der Waals surface area (Å²) in [6, 6.07) is 6.32. The molecule has 0 radical (unpaired) electrons. The van der Waals surface area contributed by atoms with E-state index >= 15 is 0 Å². The molecule has 0 aliphatic carbocycles. The summed E-state index contributed by atoms with van der Waals surface area (Å²) in [4.78, 5) is 15.3. The second-order valence-electron chi connectivity index (χ2n) is 5.14. The van der Waals surface area contributed by atoms with Gasteiger partial charge in [0.1, 0.15) is 0 Å². The van der Waals surface area contributed by atoms with Crippen molar-refractivity contribution in [1.29, 1.82) is 0 Å². The number of pyridine rings is 1.